The molecule has 1 atom stereocenters. The van der Waals surface area contributed by atoms with Crippen LogP contribution in [0.5, 0.6) is 0 Å². The first kappa shape index (κ1) is 13.1. The molecule has 2 fully saturated rings. The monoisotopic (exact) mass is 265 g/mol. The molecule has 1 aromatic heterocycles. The third-order valence-corrected chi connectivity index (χ3v) is 4.23. The molecule has 5 nitrogen and oxygen atoms in total. The molecule has 0 saturated carbocycles. The molecule has 3 rings (SSSR count). The number of hydrogen-bond acceptors (Lipinski definition) is 4. The van der Waals surface area contributed by atoms with E-state index in [-0.39, 0.29) is 5.60 Å². The number of aromatic nitrogens is 2. The molecular formula is C14H23N3O2. The van der Waals surface area contributed by atoms with Gasteiger partial charge in [-0.15, -0.1) is 0 Å². The lowest BCUT2D eigenvalue weighted by Gasteiger charge is -2.43. The molecule has 3 heterocycles. The molecule has 2 aliphatic heterocycles. The standard InChI is InChI=1S/C14H23N3O2/c1-5-16-17(7-1)8-6-15-13-2-9-19-14(12-13)3-10-18-11-4-14/h1,5,7,13,15H,2-4,6,8-12H2. The first-order valence-corrected chi connectivity index (χ1v) is 7.29. The van der Waals surface area contributed by atoms with Crippen molar-refractivity contribution in [3.05, 3.63) is 18.5 Å². The summed E-state index contributed by atoms with van der Waals surface area (Å²) in [6.07, 6.45) is 8.16. The van der Waals surface area contributed by atoms with Gasteiger partial charge in [0.25, 0.3) is 0 Å². The Morgan fingerprint density at radius 2 is 2.21 bits per heavy atom. The minimum absolute atomic E-state index is 0.0832. The van der Waals surface area contributed by atoms with E-state index in [1.165, 1.54) is 0 Å². The van der Waals surface area contributed by atoms with Crippen LogP contribution in [0.15, 0.2) is 18.5 Å². The predicted molar refractivity (Wildman–Crippen MR) is 72.0 cm³/mol. The van der Waals surface area contributed by atoms with Crippen LogP contribution in [0.3, 0.4) is 0 Å². The Morgan fingerprint density at radius 3 is 3.00 bits per heavy atom. The molecule has 0 aliphatic carbocycles. The molecule has 2 saturated heterocycles. The zero-order valence-corrected chi connectivity index (χ0v) is 11.4. The first-order valence-electron chi connectivity index (χ1n) is 7.29. The molecule has 5 heteroatoms. The fourth-order valence-corrected chi connectivity index (χ4v) is 3.11. The van der Waals surface area contributed by atoms with Crippen molar-refractivity contribution in [2.45, 2.75) is 43.9 Å². The number of ether oxygens (including phenoxy) is 2. The molecule has 0 radical (unpaired) electrons. The highest BCUT2D eigenvalue weighted by atomic mass is 16.5. The van der Waals surface area contributed by atoms with Crippen molar-refractivity contribution in [1.29, 1.82) is 0 Å². The molecule has 1 aromatic rings. The van der Waals surface area contributed by atoms with E-state index in [2.05, 4.69) is 10.4 Å². The van der Waals surface area contributed by atoms with E-state index in [1.807, 2.05) is 23.1 Å². The maximum atomic E-state index is 6.05. The largest absolute Gasteiger partial charge is 0.381 e. The van der Waals surface area contributed by atoms with Crippen molar-refractivity contribution in [3.8, 4) is 0 Å². The summed E-state index contributed by atoms with van der Waals surface area (Å²) < 4.78 is 13.5. The number of hydrogen-bond donors (Lipinski definition) is 1. The normalized spacial score (nSPS) is 26.6. The van der Waals surface area contributed by atoms with Crippen LogP contribution in [0.4, 0.5) is 0 Å². The Hall–Kier alpha value is -0.910. The number of rotatable bonds is 4. The van der Waals surface area contributed by atoms with Crippen molar-refractivity contribution < 1.29 is 9.47 Å². The summed E-state index contributed by atoms with van der Waals surface area (Å²) in [5.74, 6) is 0. The second kappa shape index (κ2) is 6.03. The summed E-state index contributed by atoms with van der Waals surface area (Å²) in [4.78, 5) is 0. The van der Waals surface area contributed by atoms with E-state index < -0.39 is 0 Å². The number of nitrogens with zero attached hydrogens (tertiary/aromatic N) is 2. The lowest BCUT2D eigenvalue weighted by atomic mass is 9.84. The van der Waals surface area contributed by atoms with Gasteiger partial charge in [0.2, 0.25) is 0 Å². The molecule has 0 bridgehead atoms. The molecule has 106 valence electrons. The topological polar surface area (TPSA) is 48.3 Å². The fraction of sp³-hybridized carbons (Fsp3) is 0.786. The molecule has 1 unspecified atom stereocenters. The van der Waals surface area contributed by atoms with Gasteiger partial charge in [0.05, 0.1) is 12.1 Å². The highest BCUT2D eigenvalue weighted by Gasteiger charge is 2.38. The summed E-state index contributed by atoms with van der Waals surface area (Å²) >= 11 is 0. The Balaban J connectivity index is 1.45. The van der Waals surface area contributed by atoms with Crippen LogP contribution in [0.25, 0.3) is 0 Å². The predicted octanol–water partition coefficient (Wildman–Crippen LogP) is 1.20. The quantitative estimate of drug-likeness (QED) is 0.888. The average Bonchev–Trinajstić information content (AvgIpc) is 2.93. The minimum atomic E-state index is 0.0832. The van der Waals surface area contributed by atoms with Crippen molar-refractivity contribution in [1.82, 2.24) is 15.1 Å². The molecule has 1 spiro atoms. The molecule has 2 aliphatic rings. The van der Waals surface area contributed by atoms with Crippen LogP contribution in [-0.4, -0.2) is 47.8 Å². The third kappa shape index (κ3) is 3.35. The van der Waals surface area contributed by atoms with E-state index in [1.54, 1.807) is 0 Å². The molecule has 0 aromatic carbocycles. The molecule has 19 heavy (non-hydrogen) atoms. The zero-order valence-electron chi connectivity index (χ0n) is 11.4. The summed E-state index contributed by atoms with van der Waals surface area (Å²) in [5.41, 5.74) is 0.0832. The molecular weight excluding hydrogens is 242 g/mol. The maximum Gasteiger partial charge on any atom is 0.0741 e. The van der Waals surface area contributed by atoms with Crippen molar-refractivity contribution in [3.63, 3.8) is 0 Å². The summed E-state index contributed by atoms with van der Waals surface area (Å²) in [6, 6.07) is 2.54. The smallest absolute Gasteiger partial charge is 0.0741 e. The first-order chi connectivity index (χ1) is 9.36. The highest BCUT2D eigenvalue weighted by Crippen LogP contribution is 2.34. The number of nitrogens with one attached hydrogen (secondary N) is 1. The summed E-state index contributed by atoms with van der Waals surface area (Å²) in [7, 11) is 0. The van der Waals surface area contributed by atoms with Crippen LogP contribution in [0, 0.1) is 0 Å². The average molecular weight is 265 g/mol. The molecule has 0 amide bonds. The van der Waals surface area contributed by atoms with Crippen molar-refractivity contribution in [2.75, 3.05) is 26.4 Å². The van der Waals surface area contributed by atoms with Crippen LogP contribution in [0.2, 0.25) is 0 Å². The SMILES string of the molecule is c1cnn(CCNC2CCOC3(CCOCC3)C2)c1. The Kier molecular flexibility index (Phi) is 4.15. The van der Waals surface area contributed by atoms with Gasteiger partial charge in [0.15, 0.2) is 0 Å². The third-order valence-electron chi connectivity index (χ3n) is 4.23. The van der Waals surface area contributed by atoms with Crippen molar-refractivity contribution >= 4 is 0 Å². The van der Waals surface area contributed by atoms with Crippen LogP contribution < -0.4 is 5.32 Å². The lowest BCUT2D eigenvalue weighted by molar-refractivity contribution is -0.140. The van der Waals surface area contributed by atoms with Gasteiger partial charge in [-0.05, 0) is 31.7 Å². The lowest BCUT2D eigenvalue weighted by Crippen LogP contribution is -2.50. The van der Waals surface area contributed by atoms with Gasteiger partial charge in [0.1, 0.15) is 0 Å². The second-order valence-corrected chi connectivity index (χ2v) is 5.56. The van der Waals surface area contributed by atoms with Crippen LogP contribution >= 0.6 is 0 Å². The van der Waals surface area contributed by atoms with E-state index in [9.17, 15) is 0 Å². The van der Waals surface area contributed by atoms with E-state index >= 15 is 0 Å². The Morgan fingerprint density at radius 1 is 1.32 bits per heavy atom. The molecule has 1 N–H and O–H groups in total. The zero-order chi connectivity index (χ0) is 13.0. The summed E-state index contributed by atoms with van der Waals surface area (Å²) in [5, 5.41) is 7.87. The van der Waals surface area contributed by atoms with Crippen LogP contribution in [0.1, 0.15) is 25.7 Å². The van der Waals surface area contributed by atoms with Gasteiger partial charge >= 0.3 is 0 Å². The Labute approximate surface area is 114 Å². The maximum absolute atomic E-state index is 6.05. The van der Waals surface area contributed by atoms with Gasteiger partial charge in [-0.1, -0.05) is 0 Å². The fourth-order valence-electron chi connectivity index (χ4n) is 3.11. The second-order valence-electron chi connectivity index (χ2n) is 5.56. The van der Waals surface area contributed by atoms with Crippen molar-refractivity contribution in [2.24, 2.45) is 0 Å². The van der Waals surface area contributed by atoms with Crippen LogP contribution in [-0.2, 0) is 16.0 Å². The van der Waals surface area contributed by atoms with Gasteiger partial charge in [-0.25, -0.2) is 0 Å². The Bertz CT molecular complexity index is 369. The minimum Gasteiger partial charge on any atom is -0.381 e. The van der Waals surface area contributed by atoms with Gasteiger partial charge in [0, 0.05) is 44.8 Å². The van der Waals surface area contributed by atoms with Gasteiger partial charge in [-0.3, -0.25) is 4.68 Å². The van der Waals surface area contributed by atoms with E-state index in [0.717, 1.165) is 58.6 Å². The van der Waals surface area contributed by atoms with Gasteiger partial charge < -0.3 is 14.8 Å². The van der Waals surface area contributed by atoms with E-state index in [4.69, 9.17) is 9.47 Å². The van der Waals surface area contributed by atoms with E-state index in [0.29, 0.717) is 6.04 Å². The van der Waals surface area contributed by atoms with Gasteiger partial charge in [-0.2, -0.15) is 5.10 Å². The highest BCUT2D eigenvalue weighted by molar-refractivity contribution is 4.91. The summed E-state index contributed by atoms with van der Waals surface area (Å²) in [6.45, 7) is 4.47.